The monoisotopic (exact) mass is 249 g/mol. The summed E-state index contributed by atoms with van der Waals surface area (Å²) in [7, 11) is 0. The molecule has 0 bridgehead atoms. The summed E-state index contributed by atoms with van der Waals surface area (Å²) in [5.41, 5.74) is 1.21. The highest BCUT2D eigenvalue weighted by molar-refractivity contribution is 5.45. The molecule has 0 aromatic heterocycles. The average Bonchev–Trinajstić information content (AvgIpc) is 2.36. The maximum Gasteiger partial charge on any atom is 0.128 e. The van der Waals surface area contributed by atoms with Gasteiger partial charge in [-0.1, -0.05) is 32.0 Å². The molecule has 18 heavy (non-hydrogen) atoms. The molecule has 3 nitrogen and oxygen atoms in total. The van der Waals surface area contributed by atoms with E-state index in [0.29, 0.717) is 12.6 Å². The average molecular weight is 249 g/mol. The number of aliphatic hydroxyl groups is 1. The summed E-state index contributed by atoms with van der Waals surface area (Å²) < 4.78 is 5.76. The molecule has 1 aromatic carbocycles. The summed E-state index contributed by atoms with van der Waals surface area (Å²) in [5, 5.41) is 13.9. The number of hydrogen-bond donors (Lipinski definition) is 2. The van der Waals surface area contributed by atoms with E-state index >= 15 is 0 Å². The third kappa shape index (κ3) is 2.85. The van der Waals surface area contributed by atoms with Crippen LogP contribution in [0, 0.1) is 0 Å². The Morgan fingerprint density at radius 1 is 1.44 bits per heavy atom. The zero-order valence-corrected chi connectivity index (χ0v) is 11.5. The Hall–Kier alpha value is -1.06. The highest BCUT2D eigenvalue weighted by atomic mass is 16.5. The van der Waals surface area contributed by atoms with Crippen molar-refractivity contribution in [3.63, 3.8) is 0 Å². The molecule has 0 amide bonds. The number of nitrogens with one attached hydrogen (secondary N) is 1. The van der Waals surface area contributed by atoms with Gasteiger partial charge in [-0.25, -0.2) is 0 Å². The summed E-state index contributed by atoms with van der Waals surface area (Å²) >= 11 is 0. The number of para-hydroxylation sites is 1. The first-order chi connectivity index (χ1) is 8.50. The number of fused-ring (bicyclic) bond motifs is 1. The Morgan fingerprint density at radius 2 is 2.22 bits per heavy atom. The van der Waals surface area contributed by atoms with Crippen LogP contribution in [0.2, 0.25) is 0 Å². The van der Waals surface area contributed by atoms with E-state index in [2.05, 4.69) is 25.2 Å². The lowest BCUT2D eigenvalue weighted by Crippen LogP contribution is -2.39. The van der Waals surface area contributed by atoms with Gasteiger partial charge >= 0.3 is 0 Å². The lowest BCUT2D eigenvalue weighted by molar-refractivity contribution is 0.0510. The fourth-order valence-electron chi connectivity index (χ4n) is 2.31. The summed E-state index contributed by atoms with van der Waals surface area (Å²) in [6.45, 7) is 7.28. The van der Waals surface area contributed by atoms with Crippen LogP contribution in [0.4, 0.5) is 0 Å². The molecule has 1 heterocycles. The second kappa shape index (κ2) is 5.29. The van der Waals surface area contributed by atoms with E-state index in [0.717, 1.165) is 30.8 Å². The molecule has 0 aliphatic carbocycles. The Kier molecular flexibility index (Phi) is 3.93. The van der Waals surface area contributed by atoms with Crippen molar-refractivity contribution in [2.75, 3.05) is 13.2 Å². The molecule has 3 heteroatoms. The van der Waals surface area contributed by atoms with Crippen LogP contribution in [-0.4, -0.2) is 24.3 Å². The van der Waals surface area contributed by atoms with Crippen LogP contribution in [-0.2, 0) is 12.0 Å². The van der Waals surface area contributed by atoms with Gasteiger partial charge in [0.05, 0.1) is 6.61 Å². The third-order valence-corrected chi connectivity index (χ3v) is 3.37. The highest BCUT2D eigenvalue weighted by Crippen LogP contribution is 2.35. The first-order valence-corrected chi connectivity index (χ1v) is 6.71. The van der Waals surface area contributed by atoms with Gasteiger partial charge in [0, 0.05) is 18.2 Å². The van der Waals surface area contributed by atoms with Gasteiger partial charge in [0.2, 0.25) is 0 Å². The Balaban J connectivity index is 2.26. The Labute approximate surface area is 109 Å². The van der Waals surface area contributed by atoms with Crippen molar-refractivity contribution >= 4 is 0 Å². The summed E-state index contributed by atoms with van der Waals surface area (Å²) in [6, 6.07) is 6.42. The van der Waals surface area contributed by atoms with Crippen molar-refractivity contribution in [3.05, 3.63) is 29.3 Å². The first-order valence-electron chi connectivity index (χ1n) is 6.71. The van der Waals surface area contributed by atoms with E-state index in [4.69, 9.17) is 4.74 Å². The fraction of sp³-hybridized carbons (Fsp3) is 0.600. The number of hydrogen-bond acceptors (Lipinski definition) is 3. The second-order valence-electron chi connectivity index (χ2n) is 5.56. The van der Waals surface area contributed by atoms with Gasteiger partial charge in [0.1, 0.15) is 11.4 Å². The molecular weight excluding hydrogens is 226 g/mol. The minimum Gasteiger partial charge on any atom is -0.493 e. The van der Waals surface area contributed by atoms with Crippen LogP contribution in [0.25, 0.3) is 0 Å². The predicted molar refractivity (Wildman–Crippen MR) is 73.0 cm³/mol. The van der Waals surface area contributed by atoms with E-state index in [9.17, 15) is 5.11 Å². The minimum absolute atomic E-state index is 0.358. The molecule has 1 aliphatic rings. The van der Waals surface area contributed by atoms with Crippen LogP contribution in [0.5, 0.6) is 5.75 Å². The van der Waals surface area contributed by atoms with Gasteiger partial charge in [-0.15, -0.1) is 0 Å². The summed E-state index contributed by atoms with van der Waals surface area (Å²) in [6.07, 6.45) is 2.10. The quantitative estimate of drug-likeness (QED) is 0.859. The van der Waals surface area contributed by atoms with Gasteiger partial charge in [-0.3, -0.25) is 0 Å². The SMILES string of the molecule is CC(C)NCC(C)(O)c1cccc2c1OCCC2. The molecule has 0 fully saturated rings. The molecule has 1 aliphatic heterocycles. The molecule has 0 saturated carbocycles. The highest BCUT2D eigenvalue weighted by Gasteiger charge is 2.29. The molecule has 0 saturated heterocycles. The topological polar surface area (TPSA) is 41.5 Å². The molecule has 0 radical (unpaired) electrons. The van der Waals surface area contributed by atoms with Crippen molar-refractivity contribution in [1.82, 2.24) is 5.32 Å². The molecular formula is C15H23NO2. The molecule has 1 aromatic rings. The smallest absolute Gasteiger partial charge is 0.128 e. The molecule has 1 unspecified atom stereocenters. The van der Waals surface area contributed by atoms with Gasteiger partial charge in [0.15, 0.2) is 0 Å². The Morgan fingerprint density at radius 3 is 2.94 bits per heavy atom. The number of benzene rings is 1. The third-order valence-electron chi connectivity index (χ3n) is 3.37. The van der Waals surface area contributed by atoms with Crippen molar-refractivity contribution in [1.29, 1.82) is 0 Å². The Bertz CT molecular complexity index is 413. The van der Waals surface area contributed by atoms with E-state index < -0.39 is 5.60 Å². The van der Waals surface area contributed by atoms with Crippen molar-refractivity contribution in [2.24, 2.45) is 0 Å². The standard InChI is InChI=1S/C15H23NO2/c1-11(2)16-10-15(3,17)13-8-4-6-12-7-5-9-18-14(12)13/h4,6,8,11,16-17H,5,7,9-10H2,1-3H3. The molecule has 2 N–H and O–H groups in total. The molecule has 1 atom stereocenters. The van der Waals surface area contributed by atoms with Crippen LogP contribution in [0.15, 0.2) is 18.2 Å². The molecule has 2 rings (SSSR count). The first kappa shape index (κ1) is 13.4. The van der Waals surface area contributed by atoms with E-state index in [1.807, 2.05) is 19.1 Å². The predicted octanol–water partition coefficient (Wildman–Crippen LogP) is 2.22. The number of rotatable bonds is 4. The normalized spacial score (nSPS) is 18.1. The lowest BCUT2D eigenvalue weighted by Gasteiger charge is -2.30. The van der Waals surface area contributed by atoms with Gasteiger partial charge in [-0.2, -0.15) is 0 Å². The number of ether oxygens (including phenoxy) is 1. The van der Waals surface area contributed by atoms with Gasteiger partial charge < -0.3 is 15.2 Å². The van der Waals surface area contributed by atoms with Crippen LogP contribution in [0.3, 0.4) is 0 Å². The van der Waals surface area contributed by atoms with Gasteiger partial charge in [0.25, 0.3) is 0 Å². The summed E-state index contributed by atoms with van der Waals surface area (Å²) in [4.78, 5) is 0. The fourth-order valence-corrected chi connectivity index (χ4v) is 2.31. The molecule has 0 spiro atoms. The van der Waals surface area contributed by atoms with Crippen LogP contribution < -0.4 is 10.1 Å². The van der Waals surface area contributed by atoms with Crippen molar-refractivity contribution in [3.8, 4) is 5.75 Å². The molecule has 100 valence electrons. The van der Waals surface area contributed by atoms with Crippen molar-refractivity contribution < 1.29 is 9.84 Å². The zero-order valence-electron chi connectivity index (χ0n) is 11.5. The maximum absolute atomic E-state index is 10.6. The van der Waals surface area contributed by atoms with Crippen LogP contribution in [0.1, 0.15) is 38.3 Å². The number of aryl methyl sites for hydroxylation is 1. The van der Waals surface area contributed by atoms with E-state index in [1.165, 1.54) is 5.56 Å². The van der Waals surface area contributed by atoms with Crippen LogP contribution >= 0.6 is 0 Å². The van der Waals surface area contributed by atoms with E-state index in [-0.39, 0.29) is 0 Å². The van der Waals surface area contributed by atoms with Gasteiger partial charge in [-0.05, 0) is 25.3 Å². The minimum atomic E-state index is -0.896. The second-order valence-corrected chi connectivity index (χ2v) is 5.56. The maximum atomic E-state index is 10.6. The van der Waals surface area contributed by atoms with E-state index in [1.54, 1.807) is 0 Å². The largest absolute Gasteiger partial charge is 0.493 e. The lowest BCUT2D eigenvalue weighted by atomic mass is 9.91. The summed E-state index contributed by atoms with van der Waals surface area (Å²) in [5.74, 6) is 0.888. The zero-order chi connectivity index (χ0) is 13.2. The van der Waals surface area contributed by atoms with Crippen molar-refractivity contribution in [2.45, 2.75) is 45.3 Å².